The third kappa shape index (κ3) is 6.71. The molecule has 0 radical (unpaired) electrons. The fourth-order valence-corrected chi connectivity index (χ4v) is 2.51. The van der Waals surface area contributed by atoms with Crippen molar-refractivity contribution in [3.05, 3.63) is 65.5 Å². The van der Waals surface area contributed by atoms with E-state index in [4.69, 9.17) is 4.74 Å². The number of benzene rings is 2. The van der Waals surface area contributed by atoms with Crippen LogP contribution in [0, 0.1) is 11.7 Å². The van der Waals surface area contributed by atoms with E-state index in [1.165, 1.54) is 24.4 Å². The van der Waals surface area contributed by atoms with Crippen molar-refractivity contribution < 1.29 is 18.7 Å². The van der Waals surface area contributed by atoms with Gasteiger partial charge in [0, 0.05) is 0 Å². The van der Waals surface area contributed by atoms with Crippen LogP contribution in [0.3, 0.4) is 0 Å². The van der Waals surface area contributed by atoms with Gasteiger partial charge < -0.3 is 10.1 Å². The summed E-state index contributed by atoms with van der Waals surface area (Å²) in [5.41, 5.74) is 3.10. The fraction of sp³-hybridized carbons (Fsp3) is 0.318. The molecule has 2 N–H and O–H groups in total. The zero-order chi connectivity index (χ0) is 21.2. The van der Waals surface area contributed by atoms with E-state index in [0.717, 1.165) is 17.7 Å². The summed E-state index contributed by atoms with van der Waals surface area (Å²) in [6.07, 6.45) is 2.43. The van der Waals surface area contributed by atoms with Crippen LogP contribution in [0.2, 0.25) is 0 Å². The molecular weight excluding hydrogens is 373 g/mol. The third-order valence-electron chi connectivity index (χ3n) is 4.10. The van der Waals surface area contributed by atoms with Gasteiger partial charge in [-0.1, -0.05) is 32.9 Å². The van der Waals surface area contributed by atoms with Gasteiger partial charge in [-0.3, -0.25) is 9.59 Å². The van der Waals surface area contributed by atoms with Gasteiger partial charge in [-0.2, -0.15) is 5.10 Å². The lowest BCUT2D eigenvalue weighted by atomic mass is 10.0. The van der Waals surface area contributed by atoms with Crippen molar-refractivity contribution in [2.75, 3.05) is 6.61 Å². The molecule has 0 heterocycles. The molecule has 1 atom stereocenters. The predicted molar refractivity (Wildman–Crippen MR) is 110 cm³/mol. The molecule has 2 aromatic rings. The molecular formula is C22H26FN3O3. The van der Waals surface area contributed by atoms with Crippen LogP contribution in [0.25, 0.3) is 0 Å². The van der Waals surface area contributed by atoms with E-state index in [1.807, 2.05) is 31.2 Å². The summed E-state index contributed by atoms with van der Waals surface area (Å²) in [6.45, 7) is 6.25. The van der Waals surface area contributed by atoms with Gasteiger partial charge >= 0.3 is 0 Å². The number of hydrazone groups is 1. The SMILES string of the molecule is CCCOc1ccc(/C=N/NC(=O)C(NC(=O)c2ccccc2F)C(C)C)cc1. The molecule has 0 spiro atoms. The molecule has 6 nitrogen and oxygen atoms in total. The minimum Gasteiger partial charge on any atom is -0.494 e. The molecule has 0 aliphatic heterocycles. The van der Waals surface area contributed by atoms with Crippen molar-refractivity contribution >= 4 is 18.0 Å². The number of carbonyl (C=O) groups excluding carboxylic acids is 2. The Morgan fingerprint density at radius 3 is 2.45 bits per heavy atom. The molecule has 2 rings (SSSR count). The van der Waals surface area contributed by atoms with E-state index in [1.54, 1.807) is 19.9 Å². The number of carbonyl (C=O) groups is 2. The molecule has 29 heavy (non-hydrogen) atoms. The second-order valence-corrected chi connectivity index (χ2v) is 6.83. The second kappa shape index (κ2) is 10.9. The highest BCUT2D eigenvalue weighted by molar-refractivity contribution is 5.98. The lowest BCUT2D eigenvalue weighted by Crippen LogP contribution is -2.48. The van der Waals surface area contributed by atoms with Gasteiger partial charge in [-0.25, -0.2) is 9.82 Å². The second-order valence-electron chi connectivity index (χ2n) is 6.83. The van der Waals surface area contributed by atoms with Crippen LogP contribution in [0.1, 0.15) is 43.1 Å². The van der Waals surface area contributed by atoms with Gasteiger partial charge in [0.1, 0.15) is 17.6 Å². The average Bonchev–Trinajstić information content (AvgIpc) is 2.71. The van der Waals surface area contributed by atoms with Crippen molar-refractivity contribution in [1.29, 1.82) is 0 Å². The van der Waals surface area contributed by atoms with Gasteiger partial charge in [0.25, 0.3) is 11.8 Å². The van der Waals surface area contributed by atoms with Crippen LogP contribution in [0.5, 0.6) is 5.75 Å². The lowest BCUT2D eigenvalue weighted by Gasteiger charge is -2.20. The largest absolute Gasteiger partial charge is 0.494 e. The molecule has 2 aromatic carbocycles. The zero-order valence-corrected chi connectivity index (χ0v) is 16.8. The fourth-order valence-electron chi connectivity index (χ4n) is 2.51. The molecule has 0 aliphatic rings. The first kappa shape index (κ1) is 22.1. The third-order valence-corrected chi connectivity index (χ3v) is 4.10. The monoisotopic (exact) mass is 399 g/mol. The maximum atomic E-state index is 13.8. The first-order valence-electron chi connectivity index (χ1n) is 9.53. The van der Waals surface area contributed by atoms with Crippen LogP contribution in [0.15, 0.2) is 53.6 Å². The molecule has 0 saturated heterocycles. The zero-order valence-electron chi connectivity index (χ0n) is 16.8. The summed E-state index contributed by atoms with van der Waals surface area (Å²) in [7, 11) is 0. The van der Waals surface area contributed by atoms with E-state index >= 15 is 0 Å². The van der Waals surface area contributed by atoms with Crippen molar-refractivity contribution in [2.24, 2.45) is 11.0 Å². The Bertz CT molecular complexity index is 851. The summed E-state index contributed by atoms with van der Waals surface area (Å²) < 4.78 is 19.3. The van der Waals surface area contributed by atoms with E-state index in [2.05, 4.69) is 15.8 Å². The van der Waals surface area contributed by atoms with Gasteiger partial charge in [-0.15, -0.1) is 0 Å². The predicted octanol–water partition coefficient (Wildman–Crippen LogP) is 3.52. The smallest absolute Gasteiger partial charge is 0.262 e. The molecule has 2 amide bonds. The number of ether oxygens (including phenoxy) is 1. The summed E-state index contributed by atoms with van der Waals surface area (Å²) in [5.74, 6) is -1.22. The highest BCUT2D eigenvalue weighted by Crippen LogP contribution is 2.11. The molecule has 1 unspecified atom stereocenters. The van der Waals surface area contributed by atoms with Gasteiger partial charge in [-0.05, 0) is 54.3 Å². The molecule has 0 aliphatic carbocycles. The first-order chi connectivity index (χ1) is 13.9. The van der Waals surface area contributed by atoms with Gasteiger partial charge in [0.05, 0.1) is 18.4 Å². The van der Waals surface area contributed by atoms with E-state index in [9.17, 15) is 14.0 Å². The van der Waals surface area contributed by atoms with Crippen LogP contribution in [0.4, 0.5) is 4.39 Å². The minimum absolute atomic E-state index is 0.111. The number of nitrogens with one attached hydrogen (secondary N) is 2. The highest BCUT2D eigenvalue weighted by atomic mass is 19.1. The number of nitrogens with zero attached hydrogens (tertiary/aromatic N) is 1. The number of rotatable bonds is 9. The van der Waals surface area contributed by atoms with E-state index in [-0.39, 0.29) is 11.5 Å². The minimum atomic E-state index is -0.857. The summed E-state index contributed by atoms with van der Waals surface area (Å²) in [4.78, 5) is 24.8. The topological polar surface area (TPSA) is 79.8 Å². The first-order valence-corrected chi connectivity index (χ1v) is 9.53. The molecule has 154 valence electrons. The highest BCUT2D eigenvalue weighted by Gasteiger charge is 2.25. The lowest BCUT2D eigenvalue weighted by molar-refractivity contribution is -0.123. The van der Waals surface area contributed by atoms with E-state index < -0.39 is 23.7 Å². The quantitative estimate of drug-likeness (QED) is 0.500. The maximum absolute atomic E-state index is 13.8. The number of halogens is 1. The Balaban J connectivity index is 1.96. The Labute approximate surface area is 170 Å². The maximum Gasteiger partial charge on any atom is 0.262 e. The Hall–Kier alpha value is -3.22. The molecule has 7 heteroatoms. The van der Waals surface area contributed by atoms with Crippen LogP contribution in [-0.2, 0) is 4.79 Å². The Morgan fingerprint density at radius 1 is 1.14 bits per heavy atom. The van der Waals surface area contributed by atoms with Crippen molar-refractivity contribution in [3.63, 3.8) is 0 Å². The van der Waals surface area contributed by atoms with Crippen LogP contribution < -0.4 is 15.5 Å². The molecule has 0 aromatic heterocycles. The van der Waals surface area contributed by atoms with Crippen molar-refractivity contribution in [2.45, 2.75) is 33.2 Å². The van der Waals surface area contributed by atoms with Crippen LogP contribution in [-0.4, -0.2) is 30.7 Å². The number of hydrogen-bond acceptors (Lipinski definition) is 4. The standard InChI is InChI=1S/C22H26FN3O3/c1-4-13-29-17-11-9-16(10-12-17)14-24-26-22(28)20(15(2)3)25-21(27)18-7-5-6-8-19(18)23/h5-12,14-15,20H,4,13H2,1-3H3,(H,25,27)(H,26,28)/b24-14+. The van der Waals surface area contributed by atoms with Gasteiger partial charge in [0.15, 0.2) is 0 Å². The van der Waals surface area contributed by atoms with Crippen molar-refractivity contribution in [3.8, 4) is 5.75 Å². The normalized spacial score (nSPS) is 12.0. The van der Waals surface area contributed by atoms with E-state index in [0.29, 0.717) is 6.61 Å². The molecule has 0 bridgehead atoms. The summed E-state index contributed by atoms with van der Waals surface area (Å²) in [5, 5.41) is 6.51. The summed E-state index contributed by atoms with van der Waals surface area (Å²) in [6, 6.07) is 12.1. The Morgan fingerprint density at radius 2 is 1.83 bits per heavy atom. The Kier molecular flexibility index (Phi) is 8.33. The van der Waals surface area contributed by atoms with Crippen LogP contribution >= 0.6 is 0 Å². The molecule has 0 saturated carbocycles. The average molecular weight is 399 g/mol. The number of hydrogen-bond donors (Lipinski definition) is 2. The van der Waals surface area contributed by atoms with Gasteiger partial charge in [0.2, 0.25) is 0 Å². The number of amides is 2. The molecule has 0 fully saturated rings. The van der Waals surface area contributed by atoms with Crippen molar-refractivity contribution in [1.82, 2.24) is 10.7 Å². The summed E-state index contributed by atoms with van der Waals surface area (Å²) >= 11 is 0.